The van der Waals surface area contributed by atoms with E-state index in [-0.39, 0.29) is 6.10 Å². The quantitative estimate of drug-likeness (QED) is 0.858. The Morgan fingerprint density at radius 1 is 1.47 bits per heavy atom. The summed E-state index contributed by atoms with van der Waals surface area (Å²) < 4.78 is 7.33. The van der Waals surface area contributed by atoms with E-state index in [9.17, 15) is 0 Å². The molecule has 0 fully saturated rings. The number of nitrogens with two attached hydrogens (primary N) is 1. The molecule has 3 N–H and O–H groups in total. The van der Waals surface area contributed by atoms with Crippen LogP contribution in [0.3, 0.4) is 0 Å². The zero-order valence-corrected chi connectivity index (χ0v) is 11.4. The van der Waals surface area contributed by atoms with Crippen molar-refractivity contribution in [1.29, 1.82) is 0 Å². The summed E-state index contributed by atoms with van der Waals surface area (Å²) in [6, 6.07) is 3.74. The van der Waals surface area contributed by atoms with Gasteiger partial charge < -0.3 is 15.8 Å². The zero-order chi connectivity index (χ0) is 13.8. The van der Waals surface area contributed by atoms with Crippen LogP contribution in [0.4, 0.5) is 11.6 Å². The average molecular weight is 261 g/mol. The van der Waals surface area contributed by atoms with Gasteiger partial charge >= 0.3 is 0 Å². The van der Waals surface area contributed by atoms with Gasteiger partial charge in [-0.3, -0.25) is 4.68 Å². The summed E-state index contributed by atoms with van der Waals surface area (Å²) in [5, 5.41) is 7.32. The topological polar surface area (TPSA) is 78.0 Å². The van der Waals surface area contributed by atoms with Crippen LogP contribution >= 0.6 is 0 Å². The highest BCUT2D eigenvalue weighted by molar-refractivity contribution is 5.51. The van der Waals surface area contributed by atoms with Gasteiger partial charge in [0.1, 0.15) is 5.82 Å². The maximum absolute atomic E-state index is 5.89. The average Bonchev–Trinajstić information content (AvgIpc) is 2.68. The van der Waals surface area contributed by atoms with Crippen LogP contribution in [-0.4, -0.2) is 20.9 Å². The van der Waals surface area contributed by atoms with Gasteiger partial charge in [0.15, 0.2) is 11.6 Å². The Morgan fingerprint density at radius 2 is 2.26 bits per heavy atom. The van der Waals surface area contributed by atoms with Gasteiger partial charge in [0.05, 0.1) is 12.3 Å². The molecule has 2 heterocycles. The summed E-state index contributed by atoms with van der Waals surface area (Å²) >= 11 is 0. The second kappa shape index (κ2) is 5.60. The number of anilines is 2. The van der Waals surface area contributed by atoms with Gasteiger partial charge in [-0.1, -0.05) is 0 Å². The van der Waals surface area contributed by atoms with Crippen LogP contribution in [0.5, 0.6) is 5.75 Å². The Kier molecular flexibility index (Phi) is 3.89. The monoisotopic (exact) mass is 261 g/mol. The first-order valence-corrected chi connectivity index (χ1v) is 6.20. The van der Waals surface area contributed by atoms with Crippen LogP contribution in [0.25, 0.3) is 0 Å². The van der Waals surface area contributed by atoms with Crippen LogP contribution in [0.1, 0.15) is 19.4 Å². The first kappa shape index (κ1) is 13.2. The highest BCUT2D eigenvalue weighted by Gasteiger charge is 2.08. The number of nitrogens with zero attached hydrogens (tertiary/aromatic N) is 3. The first-order valence-electron chi connectivity index (χ1n) is 6.20. The summed E-state index contributed by atoms with van der Waals surface area (Å²) in [5.74, 6) is 2.09. The summed E-state index contributed by atoms with van der Waals surface area (Å²) in [7, 11) is 1.81. The number of nitrogen functional groups attached to an aromatic ring is 1. The van der Waals surface area contributed by atoms with E-state index in [0.717, 1.165) is 11.3 Å². The fourth-order valence-corrected chi connectivity index (χ4v) is 1.68. The number of aromatic nitrogens is 3. The van der Waals surface area contributed by atoms with Crippen LogP contribution in [0.2, 0.25) is 0 Å². The number of ether oxygens (including phenoxy) is 1. The van der Waals surface area contributed by atoms with Gasteiger partial charge in [0, 0.05) is 25.4 Å². The standard InChI is InChI=1S/C13H19N5O/c1-9(2)19-11-5-4-6-15-13(11)16-7-10-8-17-18(3)12(10)14/h4-6,8-9H,7,14H2,1-3H3,(H,15,16). The van der Waals surface area contributed by atoms with E-state index in [2.05, 4.69) is 15.4 Å². The molecule has 102 valence electrons. The summed E-state index contributed by atoms with van der Waals surface area (Å²) in [6.07, 6.45) is 3.57. The molecule has 0 aliphatic carbocycles. The SMILES string of the molecule is CC(C)Oc1cccnc1NCc1cnn(C)c1N. The maximum atomic E-state index is 5.89. The third kappa shape index (κ3) is 3.15. The fourth-order valence-electron chi connectivity index (χ4n) is 1.68. The minimum absolute atomic E-state index is 0.105. The molecule has 0 atom stereocenters. The molecule has 0 aliphatic rings. The van der Waals surface area contributed by atoms with Gasteiger partial charge in [0.2, 0.25) is 0 Å². The van der Waals surface area contributed by atoms with Crippen molar-refractivity contribution in [2.45, 2.75) is 26.5 Å². The highest BCUT2D eigenvalue weighted by atomic mass is 16.5. The second-order valence-corrected chi connectivity index (χ2v) is 4.55. The molecule has 0 spiro atoms. The molecule has 6 heteroatoms. The Labute approximate surface area is 112 Å². The van der Waals surface area contributed by atoms with Gasteiger partial charge in [-0.25, -0.2) is 4.98 Å². The Balaban J connectivity index is 2.09. The van der Waals surface area contributed by atoms with Gasteiger partial charge in [0.25, 0.3) is 0 Å². The van der Waals surface area contributed by atoms with E-state index in [1.165, 1.54) is 0 Å². The lowest BCUT2D eigenvalue weighted by Gasteiger charge is -2.14. The van der Waals surface area contributed by atoms with E-state index in [4.69, 9.17) is 10.5 Å². The van der Waals surface area contributed by atoms with Crippen LogP contribution in [0.15, 0.2) is 24.5 Å². The van der Waals surface area contributed by atoms with Crippen LogP contribution in [0, 0.1) is 0 Å². The van der Waals surface area contributed by atoms with Crippen molar-refractivity contribution in [1.82, 2.24) is 14.8 Å². The second-order valence-electron chi connectivity index (χ2n) is 4.55. The number of aryl methyl sites for hydroxylation is 1. The van der Waals surface area contributed by atoms with E-state index in [0.29, 0.717) is 18.2 Å². The zero-order valence-electron chi connectivity index (χ0n) is 11.4. The van der Waals surface area contributed by atoms with Crippen molar-refractivity contribution in [2.75, 3.05) is 11.1 Å². The molecular weight excluding hydrogens is 242 g/mol. The molecule has 2 aromatic rings. The fraction of sp³-hybridized carbons (Fsp3) is 0.385. The predicted octanol–water partition coefficient (Wildman–Crippen LogP) is 1.80. The molecule has 0 bridgehead atoms. The third-order valence-corrected chi connectivity index (χ3v) is 2.64. The molecule has 0 saturated heterocycles. The molecule has 0 amide bonds. The van der Waals surface area contributed by atoms with Gasteiger partial charge in [-0.15, -0.1) is 0 Å². The molecule has 0 aromatic carbocycles. The lowest BCUT2D eigenvalue weighted by Crippen LogP contribution is -2.10. The number of pyridine rings is 1. The number of hydrogen-bond donors (Lipinski definition) is 2. The number of nitrogens with one attached hydrogen (secondary N) is 1. The van der Waals surface area contributed by atoms with Crippen molar-refractivity contribution in [3.05, 3.63) is 30.1 Å². The Morgan fingerprint density at radius 3 is 2.89 bits per heavy atom. The number of rotatable bonds is 5. The molecule has 19 heavy (non-hydrogen) atoms. The van der Waals surface area contributed by atoms with E-state index >= 15 is 0 Å². The molecule has 2 aromatic heterocycles. The predicted molar refractivity (Wildman–Crippen MR) is 74.9 cm³/mol. The molecule has 0 saturated carbocycles. The maximum Gasteiger partial charge on any atom is 0.169 e. The first-order chi connectivity index (χ1) is 9.08. The van der Waals surface area contributed by atoms with E-state index < -0.39 is 0 Å². The molecule has 6 nitrogen and oxygen atoms in total. The Bertz CT molecular complexity index is 550. The summed E-state index contributed by atoms with van der Waals surface area (Å²) in [4.78, 5) is 4.28. The minimum atomic E-state index is 0.105. The smallest absolute Gasteiger partial charge is 0.169 e. The van der Waals surface area contributed by atoms with Crippen molar-refractivity contribution in [2.24, 2.45) is 7.05 Å². The van der Waals surface area contributed by atoms with Crippen molar-refractivity contribution >= 4 is 11.6 Å². The lowest BCUT2D eigenvalue weighted by molar-refractivity contribution is 0.243. The summed E-state index contributed by atoms with van der Waals surface area (Å²) in [6.45, 7) is 4.52. The van der Waals surface area contributed by atoms with Gasteiger partial charge in [-0.05, 0) is 26.0 Å². The largest absolute Gasteiger partial charge is 0.487 e. The summed E-state index contributed by atoms with van der Waals surface area (Å²) in [5.41, 5.74) is 6.83. The van der Waals surface area contributed by atoms with Crippen LogP contribution in [-0.2, 0) is 13.6 Å². The molecule has 0 aliphatic heterocycles. The molecule has 2 rings (SSSR count). The normalized spacial score (nSPS) is 10.7. The highest BCUT2D eigenvalue weighted by Crippen LogP contribution is 2.23. The molecule has 0 radical (unpaired) electrons. The Hall–Kier alpha value is -2.24. The van der Waals surface area contributed by atoms with E-state index in [1.807, 2.05) is 33.0 Å². The number of hydrogen-bond acceptors (Lipinski definition) is 5. The van der Waals surface area contributed by atoms with Crippen LogP contribution < -0.4 is 15.8 Å². The third-order valence-electron chi connectivity index (χ3n) is 2.64. The van der Waals surface area contributed by atoms with Crippen molar-refractivity contribution < 1.29 is 4.74 Å². The minimum Gasteiger partial charge on any atom is -0.487 e. The van der Waals surface area contributed by atoms with Crippen molar-refractivity contribution in [3.8, 4) is 5.75 Å². The van der Waals surface area contributed by atoms with E-state index in [1.54, 1.807) is 17.1 Å². The lowest BCUT2D eigenvalue weighted by atomic mass is 10.3. The molecule has 0 unspecified atom stereocenters. The van der Waals surface area contributed by atoms with Gasteiger partial charge in [-0.2, -0.15) is 5.10 Å². The molecular formula is C13H19N5O. The van der Waals surface area contributed by atoms with Crippen molar-refractivity contribution in [3.63, 3.8) is 0 Å².